The largest absolute Gasteiger partial charge is 0.493 e. The molecule has 154 valence electrons. The van der Waals surface area contributed by atoms with Crippen LogP contribution in [0.25, 0.3) is 0 Å². The van der Waals surface area contributed by atoms with Gasteiger partial charge in [0.25, 0.3) is 17.7 Å². The molecule has 0 fully saturated rings. The van der Waals surface area contributed by atoms with E-state index < -0.39 is 17.7 Å². The number of amides is 3. The third kappa shape index (κ3) is 6.73. The number of primary amides is 1. The molecular formula is C20H23N3O6. The summed E-state index contributed by atoms with van der Waals surface area (Å²) >= 11 is 0. The van der Waals surface area contributed by atoms with Gasteiger partial charge in [-0.2, -0.15) is 0 Å². The molecule has 0 saturated heterocycles. The average Bonchev–Trinajstić information content (AvgIpc) is 2.74. The lowest BCUT2D eigenvalue weighted by Crippen LogP contribution is -2.43. The lowest BCUT2D eigenvalue weighted by molar-refractivity contribution is -0.124. The van der Waals surface area contributed by atoms with Crippen molar-refractivity contribution >= 4 is 17.7 Å². The second kappa shape index (κ2) is 10.5. The van der Waals surface area contributed by atoms with Gasteiger partial charge in [-0.15, -0.1) is 0 Å². The van der Waals surface area contributed by atoms with Crippen LogP contribution in [0.3, 0.4) is 0 Å². The summed E-state index contributed by atoms with van der Waals surface area (Å²) in [7, 11) is 1.39. The van der Waals surface area contributed by atoms with Gasteiger partial charge in [-0.25, -0.2) is 0 Å². The molecule has 0 radical (unpaired) electrons. The Kier molecular flexibility index (Phi) is 7.84. The first kappa shape index (κ1) is 21.5. The molecule has 2 aromatic rings. The van der Waals surface area contributed by atoms with E-state index in [0.717, 1.165) is 12.0 Å². The highest BCUT2D eigenvalue weighted by atomic mass is 16.5. The monoisotopic (exact) mass is 401 g/mol. The fraction of sp³-hybridized carbons (Fsp3) is 0.250. The molecule has 0 aliphatic rings. The molecule has 2 rings (SSSR count). The van der Waals surface area contributed by atoms with Crippen molar-refractivity contribution in [2.24, 2.45) is 5.73 Å². The van der Waals surface area contributed by atoms with Crippen LogP contribution in [0.15, 0.2) is 42.5 Å². The van der Waals surface area contributed by atoms with Crippen LogP contribution < -0.4 is 30.8 Å². The zero-order valence-electron chi connectivity index (χ0n) is 16.2. The molecule has 0 spiro atoms. The van der Waals surface area contributed by atoms with E-state index in [-0.39, 0.29) is 30.3 Å². The lowest BCUT2D eigenvalue weighted by Gasteiger charge is -2.12. The van der Waals surface area contributed by atoms with E-state index in [1.807, 2.05) is 19.1 Å². The number of hydrogen-bond donors (Lipinski definition) is 3. The quantitative estimate of drug-likeness (QED) is 0.537. The van der Waals surface area contributed by atoms with Gasteiger partial charge in [0.2, 0.25) is 0 Å². The van der Waals surface area contributed by atoms with Crippen LogP contribution in [0.2, 0.25) is 0 Å². The second-order valence-electron chi connectivity index (χ2n) is 5.91. The Balaban J connectivity index is 1.85. The minimum Gasteiger partial charge on any atom is -0.493 e. The number of carbonyl (C=O) groups excluding carboxylic acids is 3. The van der Waals surface area contributed by atoms with Gasteiger partial charge in [0, 0.05) is 5.56 Å². The van der Waals surface area contributed by atoms with E-state index in [2.05, 4.69) is 10.9 Å². The molecule has 2 aromatic carbocycles. The van der Waals surface area contributed by atoms with Gasteiger partial charge in [-0.1, -0.05) is 19.1 Å². The van der Waals surface area contributed by atoms with E-state index in [9.17, 15) is 14.4 Å². The summed E-state index contributed by atoms with van der Waals surface area (Å²) in [6.45, 7) is 1.47. The Morgan fingerprint density at radius 3 is 2.28 bits per heavy atom. The van der Waals surface area contributed by atoms with Crippen molar-refractivity contribution < 1.29 is 28.6 Å². The molecule has 0 bridgehead atoms. The molecule has 0 aromatic heterocycles. The summed E-state index contributed by atoms with van der Waals surface area (Å²) in [5.74, 6) is -0.671. The van der Waals surface area contributed by atoms with Crippen LogP contribution in [0, 0.1) is 0 Å². The van der Waals surface area contributed by atoms with Gasteiger partial charge in [-0.3, -0.25) is 25.2 Å². The van der Waals surface area contributed by atoms with E-state index in [1.165, 1.54) is 25.3 Å². The van der Waals surface area contributed by atoms with Gasteiger partial charge in [0.1, 0.15) is 5.75 Å². The number of rotatable bonds is 9. The third-order valence-electron chi connectivity index (χ3n) is 3.81. The first-order valence-electron chi connectivity index (χ1n) is 8.83. The molecular weight excluding hydrogens is 378 g/mol. The standard InChI is InChI=1S/C20H23N3O6/c1-3-13-4-7-15(8-5-13)28-12-19(25)22-23-20(26)14-6-9-16(17(10-14)27-2)29-11-18(21)24/h4-10H,3,11-12H2,1-2H3,(H2,21,24)(H,22,25)(H,23,26). The Hall–Kier alpha value is -3.75. The van der Waals surface area contributed by atoms with Crippen LogP contribution in [-0.4, -0.2) is 38.0 Å². The summed E-state index contributed by atoms with van der Waals surface area (Å²) in [6, 6.07) is 11.7. The molecule has 3 amide bonds. The van der Waals surface area contributed by atoms with Crippen LogP contribution in [0.4, 0.5) is 0 Å². The van der Waals surface area contributed by atoms with Crippen molar-refractivity contribution in [3.63, 3.8) is 0 Å². The van der Waals surface area contributed by atoms with Crippen LogP contribution in [0.1, 0.15) is 22.8 Å². The Morgan fingerprint density at radius 2 is 1.66 bits per heavy atom. The highest BCUT2D eigenvalue weighted by Gasteiger charge is 2.13. The molecule has 0 unspecified atom stereocenters. The summed E-state index contributed by atoms with van der Waals surface area (Å²) in [6.07, 6.45) is 0.913. The van der Waals surface area contributed by atoms with Crippen molar-refractivity contribution in [3.05, 3.63) is 53.6 Å². The van der Waals surface area contributed by atoms with Crippen LogP contribution in [0.5, 0.6) is 17.2 Å². The van der Waals surface area contributed by atoms with Gasteiger partial charge in [-0.05, 0) is 42.3 Å². The number of nitrogens with one attached hydrogen (secondary N) is 2. The molecule has 0 atom stereocenters. The fourth-order valence-electron chi connectivity index (χ4n) is 2.28. The fourth-order valence-corrected chi connectivity index (χ4v) is 2.28. The minimum atomic E-state index is -0.639. The van der Waals surface area contributed by atoms with E-state index in [1.54, 1.807) is 12.1 Å². The molecule has 0 saturated carbocycles. The Labute approximate surface area is 168 Å². The SMILES string of the molecule is CCc1ccc(OCC(=O)NNC(=O)c2ccc(OCC(N)=O)c(OC)c2)cc1. The van der Waals surface area contributed by atoms with Gasteiger partial charge in [0.15, 0.2) is 24.7 Å². The van der Waals surface area contributed by atoms with Crippen molar-refractivity contribution in [3.8, 4) is 17.2 Å². The highest BCUT2D eigenvalue weighted by Crippen LogP contribution is 2.27. The zero-order chi connectivity index (χ0) is 21.2. The Bertz CT molecular complexity index is 867. The maximum absolute atomic E-state index is 12.2. The molecule has 9 heteroatoms. The normalized spacial score (nSPS) is 10.0. The predicted octanol–water partition coefficient (Wildman–Crippen LogP) is 0.962. The Morgan fingerprint density at radius 1 is 0.931 bits per heavy atom. The first-order chi connectivity index (χ1) is 13.9. The van der Waals surface area contributed by atoms with Gasteiger partial charge in [0.05, 0.1) is 7.11 Å². The molecule has 0 aliphatic heterocycles. The number of hydrogen-bond acceptors (Lipinski definition) is 6. The second-order valence-corrected chi connectivity index (χ2v) is 5.91. The van der Waals surface area contributed by atoms with E-state index >= 15 is 0 Å². The topological polar surface area (TPSA) is 129 Å². The van der Waals surface area contributed by atoms with Crippen LogP contribution >= 0.6 is 0 Å². The number of methoxy groups -OCH3 is 1. The smallest absolute Gasteiger partial charge is 0.276 e. The lowest BCUT2D eigenvalue weighted by atomic mass is 10.2. The molecule has 0 heterocycles. The average molecular weight is 401 g/mol. The molecule has 4 N–H and O–H groups in total. The summed E-state index contributed by atoms with van der Waals surface area (Å²) < 4.78 is 15.7. The van der Waals surface area contributed by atoms with Crippen LogP contribution in [-0.2, 0) is 16.0 Å². The predicted molar refractivity (Wildman–Crippen MR) is 105 cm³/mol. The van der Waals surface area contributed by atoms with E-state index in [4.69, 9.17) is 19.9 Å². The van der Waals surface area contributed by atoms with Gasteiger partial charge < -0.3 is 19.9 Å². The van der Waals surface area contributed by atoms with Crippen molar-refractivity contribution in [2.45, 2.75) is 13.3 Å². The minimum absolute atomic E-state index is 0.213. The van der Waals surface area contributed by atoms with Gasteiger partial charge >= 0.3 is 0 Å². The maximum atomic E-state index is 12.2. The molecule has 9 nitrogen and oxygen atoms in total. The van der Waals surface area contributed by atoms with Crippen molar-refractivity contribution in [1.82, 2.24) is 10.9 Å². The number of benzene rings is 2. The number of nitrogens with two attached hydrogens (primary N) is 1. The maximum Gasteiger partial charge on any atom is 0.276 e. The summed E-state index contributed by atoms with van der Waals surface area (Å²) in [4.78, 5) is 34.9. The third-order valence-corrected chi connectivity index (χ3v) is 3.81. The number of aryl methyl sites for hydroxylation is 1. The van der Waals surface area contributed by atoms with Crippen molar-refractivity contribution in [1.29, 1.82) is 0 Å². The molecule has 29 heavy (non-hydrogen) atoms. The number of hydrazine groups is 1. The zero-order valence-corrected chi connectivity index (χ0v) is 16.2. The molecule has 0 aliphatic carbocycles. The summed E-state index contributed by atoms with van der Waals surface area (Å²) in [5, 5.41) is 0. The first-order valence-corrected chi connectivity index (χ1v) is 8.83. The van der Waals surface area contributed by atoms with E-state index in [0.29, 0.717) is 5.75 Å². The number of ether oxygens (including phenoxy) is 3. The highest BCUT2D eigenvalue weighted by molar-refractivity contribution is 5.96. The summed E-state index contributed by atoms with van der Waals surface area (Å²) in [5.41, 5.74) is 11.0. The van der Waals surface area contributed by atoms with Crippen molar-refractivity contribution in [2.75, 3.05) is 20.3 Å². The number of carbonyl (C=O) groups is 3.